The standard InChI is InChI=1S/C25H24O5/c26-16-23(25(28)30-18-21-13-5-2-6-14-21)22(15-19-9-7-8-10-19)24(27)29-17-20-11-3-1-4-12-20/h1-6,9,11-14,22H,7-8,10,15,17-18H2. The number of hydrogen-bond donors (Lipinski definition) is 0. The molecule has 1 aliphatic rings. The van der Waals surface area contributed by atoms with Gasteiger partial charge in [-0.3, -0.25) is 4.79 Å². The molecule has 0 bridgehead atoms. The first-order valence-electron chi connectivity index (χ1n) is 10.0. The molecule has 2 aromatic carbocycles. The molecule has 0 fully saturated rings. The molecular weight excluding hydrogens is 380 g/mol. The first kappa shape index (κ1) is 21.3. The number of carbonyl (C=O) groups excluding carboxylic acids is 3. The lowest BCUT2D eigenvalue weighted by molar-refractivity contribution is -0.151. The van der Waals surface area contributed by atoms with Gasteiger partial charge in [-0.2, -0.15) is 0 Å². The fourth-order valence-corrected chi connectivity index (χ4v) is 3.37. The van der Waals surface area contributed by atoms with Crippen molar-refractivity contribution in [3.05, 3.63) is 89.0 Å². The molecule has 1 aliphatic carbocycles. The molecule has 0 heterocycles. The summed E-state index contributed by atoms with van der Waals surface area (Å²) in [6, 6.07) is 18.4. The second kappa shape index (κ2) is 10.9. The number of benzene rings is 2. The second-order valence-electron chi connectivity index (χ2n) is 7.18. The van der Waals surface area contributed by atoms with Crippen LogP contribution in [0.5, 0.6) is 0 Å². The van der Waals surface area contributed by atoms with Gasteiger partial charge in [0.25, 0.3) is 0 Å². The third-order valence-corrected chi connectivity index (χ3v) is 5.00. The van der Waals surface area contributed by atoms with Gasteiger partial charge in [0.05, 0.1) is 0 Å². The van der Waals surface area contributed by atoms with E-state index in [-0.39, 0.29) is 25.2 Å². The molecule has 0 saturated heterocycles. The zero-order valence-corrected chi connectivity index (χ0v) is 16.7. The molecule has 0 aliphatic heterocycles. The molecule has 0 N–H and O–H groups in total. The van der Waals surface area contributed by atoms with E-state index in [0.29, 0.717) is 0 Å². The Kier molecular flexibility index (Phi) is 7.76. The Balaban J connectivity index is 1.70. The summed E-state index contributed by atoms with van der Waals surface area (Å²) in [5, 5.41) is 0. The average Bonchev–Trinajstić information content (AvgIpc) is 3.30. The maximum absolute atomic E-state index is 12.8. The van der Waals surface area contributed by atoms with Crippen molar-refractivity contribution in [2.75, 3.05) is 0 Å². The fraction of sp³-hybridized carbons (Fsp3) is 0.280. The van der Waals surface area contributed by atoms with Gasteiger partial charge in [-0.15, -0.1) is 0 Å². The summed E-state index contributed by atoms with van der Waals surface area (Å²) < 4.78 is 10.7. The Morgan fingerprint density at radius 1 is 0.900 bits per heavy atom. The molecule has 1 atom stereocenters. The summed E-state index contributed by atoms with van der Waals surface area (Å²) >= 11 is 0. The SMILES string of the molecule is O=C=C(C(=O)OCc1ccccc1)C(CC1=CCCC1)C(=O)OCc1ccccc1. The molecule has 154 valence electrons. The van der Waals surface area contributed by atoms with Crippen LogP contribution in [-0.4, -0.2) is 17.9 Å². The summed E-state index contributed by atoms with van der Waals surface area (Å²) in [6.45, 7) is 0.0831. The predicted molar refractivity (Wildman–Crippen MR) is 112 cm³/mol. The van der Waals surface area contributed by atoms with Crippen molar-refractivity contribution >= 4 is 17.9 Å². The van der Waals surface area contributed by atoms with E-state index >= 15 is 0 Å². The number of rotatable bonds is 9. The second-order valence-corrected chi connectivity index (χ2v) is 7.18. The van der Waals surface area contributed by atoms with E-state index in [4.69, 9.17) is 9.47 Å². The van der Waals surface area contributed by atoms with Gasteiger partial charge >= 0.3 is 11.9 Å². The van der Waals surface area contributed by atoms with Gasteiger partial charge in [-0.1, -0.05) is 72.3 Å². The fourth-order valence-electron chi connectivity index (χ4n) is 3.37. The minimum absolute atomic E-state index is 0.0132. The van der Waals surface area contributed by atoms with Crippen LogP contribution in [0.4, 0.5) is 0 Å². The van der Waals surface area contributed by atoms with E-state index in [0.717, 1.165) is 36.0 Å². The molecule has 5 nitrogen and oxygen atoms in total. The van der Waals surface area contributed by atoms with Gasteiger partial charge in [-0.25, -0.2) is 9.59 Å². The van der Waals surface area contributed by atoms with Crippen LogP contribution in [0, 0.1) is 5.92 Å². The molecule has 0 amide bonds. The molecule has 1 unspecified atom stereocenters. The topological polar surface area (TPSA) is 69.7 Å². The number of ether oxygens (including phenoxy) is 2. The van der Waals surface area contributed by atoms with Gasteiger partial charge in [0, 0.05) is 0 Å². The minimum atomic E-state index is -1.03. The predicted octanol–water partition coefficient (Wildman–Crippen LogP) is 4.35. The van der Waals surface area contributed by atoms with Crippen molar-refractivity contribution in [3.63, 3.8) is 0 Å². The van der Waals surface area contributed by atoms with Crippen LogP contribution in [0.1, 0.15) is 36.8 Å². The molecule has 3 rings (SSSR count). The lowest BCUT2D eigenvalue weighted by atomic mass is 9.92. The molecule has 0 aromatic heterocycles. The number of carbonyl (C=O) groups is 2. The van der Waals surface area contributed by atoms with Gasteiger partial charge in [0.15, 0.2) is 0 Å². The normalized spacial score (nSPS) is 13.7. The van der Waals surface area contributed by atoms with Crippen molar-refractivity contribution in [2.24, 2.45) is 5.92 Å². The zero-order valence-electron chi connectivity index (χ0n) is 16.7. The van der Waals surface area contributed by atoms with Crippen molar-refractivity contribution in [2.45, 2.75) is 38.9 Å². The maximum Gasteiger partial charge on any atom is 0.346 e. The third-order valence-electron chi connectivity index (χ3n) is 5.00. The van der Waals surface area contributed by atoms with Crippen LogP contribution < -0.4 is 0 Å². The van der Waals surface area contributed by atoms with E-state index in [1.54, 1.807) is 5.94 Å². The summed E-state index contributed by atoms with van der Waals surface area (Å²) in [4.78, 5) is 37.1. The zero-order chi connectivity index (χ0) is 21.2. The Morgan fingerprint density at radius 3 is 2.03 bits per heavy atom. The molecule has 30 heavy (non-hydrogen) atoms. The van der Waals surface area contributed by atoms with Crippen LogP contribution in [0.3, 0.4) is 0 Å². The Bertz CT molecular complexity index is 940. The minimum Gasteiger partial charge on any atom is -0.460 e. The van der Waals surface area contributed by atoms with Crippen molar-refractivity contribution in [1.82, 2.24) is 0 Å². The smallest absolute Gasteiger partial charge is 0.346 e. The van der Waals surface area contributed by atoms with Crippen LogP contribution in [0.25, 0.3) is 0 Å². The van der Waals surface area contributed by atoms with Crippen LogP contribution >= 0.6 is 0 Å². The quantitative estimate of drug-likeness (QED) is 0.269. The third kappa shape index (κ3) is 6.03. The Labute approximate surface area is 176 Å². The molecule has 0 spiro atoms. The highest BCUT2D eigenvalue weighted by molar-refractivity contribution is 6.02. The van der Waals surface area contributed by atoms with Crippen molar-refractivity contribution in [1.29, 1.82) is 0 Å². The van der Waals surface area contributed by atoms with Crippen molar-refractivity contribution in [3.8, 4) is 0 Å². The highest BCUT2D eigenvalue weighted by Gasteiger charge is 2.33. The largest absolute Gasteiger partial charge is 0.460 e. The summed E-state index contributed by atoms with van der Waals surface area (Å²) in [5.41, 5.74) is 2.34. The van der Waals surface area contributed by atoms with Gasteiger partial charge in [0.1, 0.15) is 30.6 Å². The molecular formula is C25H24O5. The average molecular weight is 404 g/mol. The number of esters is 2. The summed E-state index contributed by atoms with van der Waals surface area (Å²) in [7, 11) is 0. The van der Waals surface area contributed by atoms with Crippen molar-refractivity contribution < 1.29 is 23.9 Å². The molecule has 0 saturated carbocycles. The molecule has 5 heteroatoms. The maximum atomic E-state index is 12.8. The van der Waals surface area contributed by atoms with Gasteiger partial charge < -0.3 is 9.47 Å². The highest BCUT2D eigenvalue weighted by Crippen LogP contribution is 2.29. The lowest BCUT2D eigenvalue weighted by Crippen LogP contribution is -2.26. The molecule has 2 aromatic rings. The number of allylic oxidation sites excluding steroid dienone is 2. The van der Waals surface area contributed by atoms with Crippen LogP contribution in [-0.2, 0) is 37.1 Å². The van der Waals surface area contributed by atoms with E-state index in [9.17, 15) is 14.4 Å². The van der Waals surface area contributed by atoms with E-state index in [1.165, 1.54) is 0 Å². The molecule has 0 radical (unpaired) electrons. The van der Waals surface area contributed by atoms with Gasteiger partial charge in [0.2, 0.25) is 0 Å². The first-order chi connectivity index (χ1) is 14.7. The van der Waals surface area contributed by atoms with Crippen LogP contribution in [0.15, 0.2) is 77.9 Å². The number of hydrogen-bond acceptors (Lipinski definition) is 5. The van der Waals surface area contributed by atoms with Crippen LogP contribution in [0.2, 0.25) is 0 Å². The Morgan fingerprint density at radius 2 is 1.50 bits per heavy atom. The highest BCUT2D eigenvalue weighted by atomic mass is 16.5. The van der Waals surface area contributed by atoms with Gasteiger partial charge in [-0.05, 0) is 36.8 Å². The van der Waals surface area contributed by atoms with E-state index in [1.807, 2.05) is 60.7 Å². The monoisotopic (exact) mass is 404 g/mol. The Hall–Kier alpha value is -3.43. The van der Waals surface area contributed by atoms with E-state index in [2.05, 4.69) is 6.08 Å². The van der Waals surface area contributed by atoms with E-state index < -0.39 is 17.9 Å². The summed E-state index contributed by atoms with van der Waals surface area (Å²) in [6.07, 6.45) is 5.08. The lowest BCUT2D eigenvalue weighted by Gasteiger charge is -2.17. The first-order valence-corrected chi connectivity index (χ1v) is 10.0. The summed E-state index contributed by atoms with van der Waals surface area (Å²) in [5.74, 6) is -0.836.